The van der Waals surface area contributed by atoms with Crippen molar-refractivity contribution < 1.29 is 10.0 Å². The molecule has 1 amide bonds. The average Bonchev–Trinajstić information content (AvgIpc) is 2.50. The molecule has 3 N–H and O–H groups in total. The zero-order valence-corrected chi connectivity index (χ0v) is 11.7. The molecule has 1 fully saturated rings. The van der Waals surface area contributed by atoms with Crippen molar-refractivity contribution in [2.24, 2.45) is 0 Å². The zero-order valence-electron chi connectivity index (χ0n) is 11.7. The van der Waals surface area contributed by atoms with E-state index in [1.54, 1.807) is 5.48 Å². The highest BCUT2D eigenvalue weighted by Crippen LogP contribution is 2.13. The molecule has 0 atom stereocenters. The lowest BCUT2D eigenvalue weighted by Crippen LogP contribution is -2.43. The van der Waals surface area contributed by atoms with Gasteiger partial charge >= 0.3 is 0 Å². The van der Waals surface area contributed by atoms with Crippen molar-refractivity contribution in [3.63, 3.8) is 0 Å². The van der Waals surface area contributed by atoms with Gasteiger partial charge in [0, 0.05) is 25.6 Å². The monoisotopic (exact) mass is 277 g/mol. The number of carbonyl (C=O) groups is 1. The van der Waals surface area contributed by atoms with Crippen molar-refractivity contribution >= 4 is 5.91 Å². The third-order valence-electron chi connectivity index (χ3n) is 3.75. The molecule has 1 heterocycles. The van der Waals surface area contributed by atoms with Crippen LogP contribution in [0.15, 0.2) is 30.3 Å². The summed E-state index contributed by atoms with van der Waals surface area (Å²) in [7, 11) is 0. The van der Waals surface area contributed by atoms with Gasteiger partial charge in [0.15, 0.2) is 0 Å². The van der Waals surface area contributed by atoms with E-state index < -0.39 is 0 Å². The van der Waals surface area contributed by atoms with E-state index >= 15 is 0 Å². The first-order valence-corrected chi connectivity index (χ1v) is 7.20. The van der Waals surface area contributed by atoms with Crippen LogP contribution in [-0.2, 0) is 11.3 Å². The van der Waals surface area contributed by atoms with Gasteiger partial charge < -0.3 is 5.32 Å². The Balaban J connectivity index is 1.64. The second-order valence-corrected chi connectivity index (χ2v) is 5.28. The Kier molecular flexibility index (Phi) is 5.98. The number of hydroxylamine groups is 1. The van der Waals surface area contributed by atoms with Gasteiger partial charge in [-0.2, -0.15) is 0 Å². The van der Waals surface area contributed by atoms with Crippen LogP contribution in [0.3, 0.4) is 0 Å². The summed E-state index contributed by atoms with van der Waals surface area (Å²) in [5.74, 6) is -0.334. The number of benzene rings is 1. The number of hydrogen-bond donors (Lipinski definition) is 3. The molecule has 1 aromatic carbocycles. The second-order valence-electron chi connectivity index (χ2n) is 5.28. The number of nitrogens with one attached hydrogen (secondary N) is 2. The SMILES string of the molecule is O=C(CCNC1CCN(Cc2ccccc2)CC1)NO. The molecule has 1 aliphatic heterocycles. The fourth-order valence-corrected chi connectivity index (χ4v) is 2.58. The maximum absolute atomic E-state index is 10.9. The number of rotatable bonds is 6. The van der Waals surface area contributed by atoms with Gasteiger partial charge in [0.2, 0.25) is 5.91 Å². The highest BCUT2D eigenvalue weighted by atomic mass is 16.5. The van der Waals surface area contributed by atoms with Gasteiger partial charge in [-0.1, -0.05) is 30.3 Å². The molecular formula is C15H23N3O2. The number of amides is 1. The molecule has 5 nitrogen and oxygen atoms in total. The van der Waals surface area contributed by atoms with Crippen LogP contribution in [0.5, 0.6) is 0 Å². The second kappa shape index (κ2) is 7.99. The first-order chi connectivity index (χ1) is 9.78. The largest absolute Gasteiger partial charge is 0.313 e. The van der Waals surface area contributed by atoms with E-state index in [4.69, 9.17) is 5.21 Å². The van der Waals surface area contributed by atoms with Crippen molar-refractivity contribution in [2.75, 3.05) is 19.6 Å². The molecule has 0 aromatic heterocycles. The number of nitrogens with zero attached hydrogens (tertiary/aromatic N) is 1. The third kappa shape index (κ3) is 4.92. The molecule has 20 heavy (non-hydrogen) atoms. The van der Waals surface area contributed by atoms with Crippen molar-refractivity contribution in [1.29, 1.82) is 0 Å². The summed E-state index contributed by atoms with van der Waals surface area (Å²) in [6.45, 7) is 3.80. The van der Waals surface area contributed by atoms with Gasteiger partial charge in [-0.05, 0) is 31.5 Å². The van der Waals surface area contributed by atoms with Crippen LogP contribution < -0.4 is 10.8 Å². The maximum atomic E-state index is 10.9. The van der Waals surface area contributed by atoms with Crippen molar-refractivity contribution in [3.05, 3.63) is 35.9 Å². The Hall–Kier alpha value is -1.43. The number of likely N-dealkylation sites (tertiary alicyclic amines) is 1. The molecule has 5 heteroatoms. The Labute approximate surface area is 119 Å². The van der Waals surface area contributed by atoms with E-state index in [0.29, 0.717) is 19.0 Å². The van der Waals surface area contributed by atoms with Crippen LogP contribution in [0.4, 0.5) is 0 Å². The van der Waals surface area contributed by atoms with Crippen LogP contribution in [0.25, 0.3) is 0 Å². The Morgan fingerprint density at radius 3 is 2.60 bits per heavy atom. The normalized spacial score (nSPS) is 17.1. The van der Waals surface area contributed by atoms with Gasteiger partial charge in [0.1, 0.15) is 0 Å². The first-order valence-electron chi connectivity index (χ1n) is 7.20. The summed E-state index contributed by atoms with van der Waals surface area (Å²) in [6, 6.07) is 11.0. The van der Waals surface area contributed by atoms with Gasteiger partial charge in [0.05, 0.1) is 0 Å². The summed E-state index contributed by atoms with van der Waals surface area (Å²) < 4.78 is 0. The van der Waals surface area contributed by atoms with E-state index in [1.165, 1.54) is 5.56 Å². The summed E-state index contributed by atoms with van der Waals surface area (Å²) in [4.78, 5) is 13.4. The summed E-state index contributed by atoms with van der Waals surface area (Å²) in [5, 5.41) is 11.8. The fourth-order valence-electron chi connectivity index (χ4n) is 2.58. The van der Waals surface area contributed by atoms with Crippen molar-refractivity contribution in [2.45, 2.75) is 31.8 Å². The highest BCUT2D eigenvalue weighted by molar-refractivity contribution is 5.74. The number of hydrogen-bond acceptors (Lipinski definition) is 4. The lowest BCUT2D eigenvalue weighted by atomic mass is 10.0. The van der Waals surface area contributed by atoms with Crippen molar-refractivity contribution in [3.8, 4) is 0 Å². The molecule has 110 valence electrons. The number of piperidine rings is 1. The third-order valence-corrected chi connectivity index (χ3v) is 3.75. The molecule has 0 bridgehead atoms. The predicted molar refractivity (Wildman–Crippen MR) is 77.3 cm³/mol. The minimum Gasteiger partial charge on any atom is -0.313 e. The summed E-state index contributed by atoms with van der Waals surface area (Å²) in [6.07, 6.45) is 2.53. The van der Waals surface area contributed by atoms with Crippen LogP contribution in [0, 0.1) is 0 Å². The molecule has 0 unspecified atom stereocenters. The van der Waals surface area contributed by atoms with Crippen LogP contribution in [-0.4, -0.2) is 41.7 Å². The molecule has 1 aliphatic rings. The lowest BCUT2D eigenvalue weighted by Gasteiger charge is -2.32. The smallest absolute Gasteiger partial charge is 0.244 e. The van der Waals surface area contributed by atoms with Gasteiger partial charge in [-0.3, -0.25) is 14.9 Å². The Bertz CT molecular complexity index is 403. The topological polar surface area (TPSA) is 64.6 Å². The minimum atomic E-state index is -0.334. The van der Waals surface area contributed by atoms with Crippen LogP contribution in [0.2, 0.25) is 0 Å². The summed E-state index contributed by atoms with van der Waals surface area (Å²) >= 11 is 0. The molecule has 0 radical (unpaired) electrons. The molecule has 0 saturated carbocycles. The minimum absolute atomic E-state index is 0.320. The van der Waals surface area contributed by atoms with E-state index in [1.807, 2.05) is 6.07 Å². The Morgan fingerprint density at radius 1 is 1.25 bits per heavy atom. The highest BCUT2D eigenvalue weighted by Gasteiger charge is 2.18. The molecule has 1 aromatic rings. The lowest BCUT2D eigenvalue weighted by molar-refractivity contribution is -0.129. The Morgan fingerprint density at radius 2 is 1.95 bits per heavy atom. The fraction of sp³-hybridized carbons (Fsp3) is 0.533. The van der Waals surface area contributed by atoms with Crippen LogP contribution in [0.1, 0.15) is 24.8 Å². The average molecular weight is 277 g/mol. The van der Waals surface area contributed by atoms with E-state index in [9.17, 15) is 4.79 Å². The van der Waals surface area contributed by atoms with E-state index in [2.05, 4.69) is 34.5 Å². The predicted octanol–water partition coefficient (Wildman–Crippen LogP) is 1.14. The molecule has 0 aliphatic carbocycles. The zero-order chi connectivity index (χ0) is 14.2. The molecule has 2 rings (SSSR count). The quantitative estimate of drug-likeness (QED) is 0.539. The van der Waals surface area contributed by atoms with Gasteiger partial charge in [-0.25, -0.2) is 5.48 Å². The number of carbonyl (C=O) groups excluding carboxylic acids is 1. The molecule has 0 spiro atoms. The van der Waals surface area contributed by atoms with E-state index in [-0.39, 0.29) is 5.91 Å². The van der Waals surface area contributed by atoms with E-state index in [0.717, 1.165) is 32.5 Å². The molecule has 1 saturated heterocycles. The first kappa shape index (κ1) is 15.0. The van der Waals surface area contributed by atoms with Gasteiger partial charge in [0.25, 0.3) is 0 Å². The van der Waals surface area contributed by atoms with Crippen LogP contribution >= 0.6 is 0 Å². The standard InChI is InChI=1S/C15H23N3O2/c19-15(17-20)6-9-16-14-7-10-18(11-8-14)12-13-4-2-1-3-5-13/h1-5,14,16,20H,6-12H2,(H,17,19). The maximum Gasteiger partial charge on any atom is 0.244 e. The van der Waals surface area contributed by atoms with Gasteiger partial charge in [-0.15, -0.1) is 0 Å². The van der Waals surface area contributed by atoms with Crippen molar-refractivity contribution in [1.82, 2.24) is 15.7 Å². The summed E-state index contributed by atoms with van der Waals surface area (Å²) in [5.41, 5.74) is 3.01. The molecular weight excluding hydrogens is 254 g/mol.